The maximum absolute atomic E-state index is 11.2. The number of aromatic nitrogens is 4. The summed E-state index contributed by atoms with van der Waals surface area (Å²) in [6, 6.07) is 9.96. The molecule has 3 aromatic rings. The standard InChI is InChI=1S/C20H22ClN5O2S/c21-19-14(10-13-4-1-2-6-16(13)23-19)12-29-20-25-24-18(8-7-17(22)27)26(20)11-15-5-3-9-28-15/h1-2,4,6,10,15H,3,5,7-9,11-12H2,(H2,22,27). The van der Waals surface area contributed by atoms with Crippen molar-refractivity contribution in [3.63, 3.8) is 0 Å². The molecule has 0 saturated carbocycles. The Balaban J connectivity index is 1.54. The van der Waals surface area contributed by atoms with Gasteiger partial charge in [0.1, 0.15) is 11.0 Å². The van der Waals surface area contributed by atoms with Crippen molar-refractivity contribution in [3.8, 4) is 0 Å². The Morgan fingerprint density at radius 2 is 2.21 bits per heavy atom. The van der Waals surface area contributed by atoms with Crippen molar-refractivity contribution in [2.45, 2.75) is 49.2 Å². The summed E-state index contributed by atoms with van der Waals surface area (Å²) in [6.07, 6.45) is 2.92. The molecule has 1 fully saturated rings. The van der Waals surface area contributed by atoms with Crippen LogP contribution in [0.25, 0.3) is 10.9 Å². The van der Waals surface area contributed by atoms with E-state index < -0.39 is 0 Å². The number of fused-ring (bicyclic) bond motifs is 1. The molecule has 0 bridgehead atoms. The molecule has 1 saturated heterocycles. The minimum atomic E-state index is -0.347. The second-order valence-electron chi connectivity index (χ2n) is 7.03. The third kappa shape index (κ3) is 4.88. The Morgan fingerprint density at radius 1 is 1.34 bits per heavy atom. The lowest BCUT2D eigenvalue weighted by Crippen LogP contribution is -2.19. The van der Waals surface area contributed by atoms with Gasteiger partial charge in [0.25, 0.3) is 0 Å². The van der Waals surface area contributed by atoms with Crippen molar-refractivity contribution >= 4 is 40.2 Å². The number of hydrogen-bond acceptors (Lipinski definition) is 6. The molecule has 152 valence electrons. The van der Waals surface area contributed by atoms with Crippen LogP contribution < -0.4 is 5.73 Å². The van der Waals surface area contributed by atoms with Gasteiger partial charge in [-0.1, -0.05) is 41.6 Å². The third-order valence-corrected chi connectivity index (χ3v) is 6.25. The highest BCUT2D eigenvalue weighted by Gasteiger charge is 2.21. The molecule has 1 aliphatic heterocycles. The maximum Gasteiger partial charge on any atom is 0.217 e. The number of nitrogens with two attached hydrogens (primary N) is 1. The number of ether oxygens (including phenoxy) is 1. The van der Waals surface area contributed by atoms with Crippen molar-refractivity contribution < 1.29 is 9.53 Å². The van der Waals surface area contributed by atoms with Crippen LogP contribution >= 0.6 is 23.4 Å². The van der Waals surface area contributed by atoms with E-state index in [1.165, 1.54) is 0 Å². The molecule has 1 atom stereocenters. The van der Waals surface area contributed by atoms with Crippen molar-refractivity contribution in [2.75, 3.05) is 6.61 Å². The largest absolute Gasteiger partial charge is 0.376 e. The summed E-state index contributed by atoms with van der Waals surface area (Å²) in [5.41, 5.74) is 7.13. The summed E-state index contributed by atoms with van der Waals surface area (Å²) in [5, 5.41) is 11.0. The van der Waals surface area contributed by atoms with Crippen molar-refractivity contribution in [3.05, 3.63) is 46.9 Å². The van der Waals surface area contributed by atoms with Crippen LogP contribution in [0, 0.1) is 0 Å². The maximum atomic E-state index is 11.2. The lowest BCUT2D eigenvalue weighted by molar-refractivity contribution is -0.118. The first-order chi connectivity index (χ1) is 14.1. The fourth-order valence-electron chi connectivity index (χ4n) is 3.40. The van der Waals surface area contributed by atoms with E-state index in [0.717, 1.165) is 46.9 Å². The lowest BCUT2D eigenvalue weighted by atomic mass is 10.2. The topological polar surface area (TPSA) is 95.9 Å². The highest BCUT2D eigenvalue weighted by Crippen LogP contribution is 2.29. The number of nitrogens with zero attached hydrogens (tertiary/aromatic N) is 4. The van der Waals surface area contributed by atoms with Crippen LogP contribution in [0.4, 0.5) is 0 Å². The van der Waals surface area contributed by atoms with Gasteiger partial charge < -0.3 is 15.0 Å². The van der Waals surface area contributed by atoms with Gasteiger partial charge in [-0.2, -0.15) is 0 Å². The number of primary amides is 1. The van der Waals surface area contributed by atoms with Gasteiger partial charge >= 0.3 is 0 Å². The molecule has 2 aromatic heterocycles. The van der Waals surface area contributed by atoms with Crippen LogP contribution in [-0.2, 0) is 28.2 Å². The van der Waals surface area contributed by atoms with Gasteiger partial charge in [-0.25, -0.2) is 4.98 Å². The molecule has 1 unspecified atom stereocenters. The van der Waals surface area contributed by atoms with Crippen LogP contribution in [-0.4, -0.2) is 38.4 Å². The first-order valence-electron chi connectivity index (χ1n) is 9.59. The van der Waals surface area contributed by atoms with Crippen LogP contribution in [0.3, 0.4) is 0 Å². The normalized spacial score (nSPS) is 16.5. The van der Waals surface area contributed by atoms with Crippen molar-refractivity contribution in [2.24, 2.45) is 5.73 Å². The molecule has 3 heterocycles. The summed E-state index contributed by atoms with van der Waals surface area (Å²) < 4.78 is 7.83. The minimum Gasteiger partial charge on any atom is -0.376 e. The zero-order valence-corrected chi connectivity index (χ0v) is 17.5. The van der Waals surface area contributed by atoms with Crippen LogP contribution in [0.5, 0.6) is 0 Å². The van der Waals surface area contributed by atoms with E-state index in [1.807, 2.05) is 28.8 Å². The molecule has 4 rings (SSSR count). The Bertz CT molecular complexity index is 1020. The van der Waals surface area contributed by atoms with Crippen LogP contribution in [0.2, 0.25) is 5.15 Å². The number of thioether (sulfide) groups is 1. The summed E-state index contributed by atoms with van der Waals surface area (Å²) in [4.78, 5) is 15.7. The van der Waals surface area contributed by atoms with Crippen LogP contribution in [0.15, 0.2) is 35.5 Å². The fraction of sp³-hybridized carbons (Fsp3) is 0.400. The molecule has 1 aliphatic rings. The predicted octanol–water partition coefficient (Wildman–Crippen LogP) is 3.37. The molecule has 0 spiro atoms. The van der Waals surface area contributed by atoms with Crippen LogP contribution in [0.1, 0.15) is 30.7 Å². The van der Waals surface area contributed by atoms with Gasteiger partial charge in [0.05, 0.1) is 18.2 Å². The van der Waals surface area contributed by atoms with Gasteiger partial charge in [0.15, 0.2) is 5.16 Å². The van der Waals surface area contributed by atoms with Gasteiger partial charge in [-0.05, 0) is 25.0 Å². The Morgan fingerprint density at radius 3 is 3.00 bits per heavy atom. The molecular weight excluding hydrogens is 410 g/mol. The number of carbonyl (C=O) groups excluding carboxylic acids is 1. The number of amides is 1. The molecule has 7 nitrogen and oxygen atoms in total. The zero-order valence-electron chi connectivity index (χ0n) is 15.9. The molecule has 1 aromatic carbocycles. The van der Waals surface area contributed by atoms with E-state index in [0.29, 0.717) is 23.9 Å². The molecule has 0 radical (unpaired) electrons. The molecule has 29 heavy (non-hydrogen) atoms. The van der Waals surface area contributed by atoms with E-state index in [4.69, 9.17) is 22.1 Å². The fourth-order valence-corrected chi connectivity index (χ4v) is 4.63. The summed E-state index contributed by atoms with van der Waals surface area (Å²) >= 11 is 7.95. The molecule has 0 aliphatic carbocycles. The molecule has 9 heteroatoms. The second-order valence-corrected chi connectivity index (χ2v) is 8.33. The highest BCUT2D eigenvalue weighted by molar-refractivity contribution is 7.98. The summed E-state index contributed by atoms with van der Waals surface area (Å²) in [5.74, 6) is 1.03. The SMILES string of the molecule is NC(=O)CCc1nnc(SCc2cc3ccccc3nc2Cl)n1CC1CCCO1. The first kappa shape index (κ1) is 20.1. The van der Waals surface area contributed by atoms with E-state index in [-0.39, 0.29) is 18.4 Å². The quantitative estimate of drug-likeness (QED) is 0.434. The number of para-hydroxylation sites is 1. The average molecular weight is 432 g/mol. The van der Waals surface area contributed by atoms with E-state index in [2.05, 4.69) is 21.2 Å². The predicted molar refractivity (Wildman–Crippen MR) is 113 cm³/mol. The monoisotopic (exact) mass is 431 g/mol. The number of pyridine rings is 1. The van der Waals surface area contributed by atoms with E-state index in [9.17, 15) is 4.79 Å². The first-order valence-corrected chi connectivity index (χ1v) is 11.0. The summed E-state index contributed by atoms with van der Waals surface area (Å²) in [6.45, 7) is 1.46. The van der Waals surface area contributed by atoms with Gasteiger partial charge in [-0.15, -0.1) is 10.2 Å². The van der Waals surface area contributed by atoms with E-state index in [1.54, 1.807) is 11.8 Å². The number of hydrogen-bond donors (Lipinski definition) is 1. The number of carbonyl (C=O) groups is 1. The van der Waals surface area contributed by atoms with Crippen molar-refractivity contribution in [1.29, 1.82) is 0 Å². The Labute approximate surface area is 178 Å². The van der Waals surface area contributed by atoms with Gasteiger partial charge in [0.2, 0.25) is 5.91 Å². The lowest BCUT2D eigenvalue weighted by Gasteiger charge is -2.14. The summed E-state index contributed by atoms with van der Waals surface area (Å²) in [7, 11) is 0. The number of aryl methyl sites for hydroxylation is 1. The third-order valence-electron chi connectivity index (χ3n) is 4.91. The molecular formula is C20H22ClN5O2S. The second kappa shape index (κ2) is 9.11. The molecule has 1 amide bonds. The van der Waals surface area contributed by atoms with Gasteiger partial charge in [0, 0.05) is 36.2 Å². The average Bonchev–Trinajstić information content (AvgIpc) is 3.35. The van der Waals surface area contributed by atoms with Crippen molar-refractivity contribution in [1.82, 2.24) is 19.7 Å². The van der Waals surface area contributed by atoms with Gasteiger partial charge in [-0.3, -0.25) is 4.79 Å². The smallest absolute Gasteiger partial charge is 0.217 e. The minimum absolute atomic E-state index is 0.142. The molecule has 2 N–H and O–H groups in total. The number of benzene rings is 1. The zero-order chi connectivity index (χ0) is 20.2. The highest BCUT2D eigenvalue weighted by atomic mass is 35.5. The Kier molecular flexibility index (Phi) is 6.32. The number of rotatable bonds is 8. The number of halogens is 1. The Hall–Kier alpha value is -2.16. The van der Waals surface area contributed by atoms with E-state index >= 15 is 0 Å².